The van der Waals surface area contributed by atoms with Gasteiger partial charge in [0.05, 0.1) is 23.8 Å². The monoisotopic (exact) mass is 376 g/mol. The van der Waals surface area contributed by atoms with Crippen LogP contribution in [0.3, 0.4) is 0 Å². The van der Waals surface area contributed by atoms with E-state index in [9.17, 15) is 13.2 Å². The van der Waals surface area contributed by atoms with Crippen molar-refractivity contribution in [1.29, 1.82) is 0 Å². The van der Waals surface area contributed by atoms with Gasteiger partial charge in [0.1, 0.15) is 11.4 Å². The summed E-state index contributed by atoms with van der Waals surface area (Å²) in [6, 6.07) is 8.39. The molecule has 0 aliphatic carbocycles. The molecule has 2 heterocycles. The Kier molecular flexibility index (Phi) is 5.36. The van der Waals surface area contributed by atoms with Crippen molar-refractivity contribution in [2.24, 2.45) is 0 Å². The van der Waals surface area contributed by atoms with E-state index in [1.54, 1.807) is 18.2 Å². The van der Waals surface area contributed by atoms with E-state index in [4.69, 9.17) is 4.74 Å². The van der Waals surface area contributed by atoms with Gasteiger partial charge in [-0.2, -0.15) is 0 Å². The first-order chi connectivity index (χ1) is 12.5. The molecule has 26 heavy (non-hydrogen) atoms. The minimum absolute atomic E-state index is 0.0501. The number of rotatable bonds is 6. The molecular weight excluding hydrogens is 356 g/mol. The van der Waals surface area contributed by atoms with Gasteiger partial charge in [-0.25, -0.2) is 18.4 Å². The number of hydrogen-bond donors (Lipinski definition) is 2. The maximum Gasteiger partial charge on any atom is 0.274 e. The van der Waals surface area contributed by atoms with E-state index >= 15 is 0 Å². The Bertz CT molecular complexity index is 901. The van der Waals surface area contributed by atoms with Gasteiger partial charge in [0, 0.05) is 12.2 Å². The van der Waals surface area contributed by atoms with E-state index in [-0.39, 0.29) is 29.2 Å². The van der Waals surface area contributed by atoms with E-state index in [2.05, 4.69) is 20.6 Å². The van der Waals surface area contributed by atoms with Gasteiger partial charge in [0.2, 0.25) is 5.95 Å². The minimum atomic E-state index is -3.00. The maximum absolute atomic E-state index is 12.5. The number of ether oxygens (including phenoxy) is 1. The van der Waals surface area contributed by atoms with E-state index in [1.165, 1.54) is 12.3 Å². The molecule has 1 aliphatic heterocycles. The Hall–Kier alpha value is -2.68. The summed E-state index contributed by atoms with van der Waals surface area (Å²) in [5, 5.41) is 5.75. The van der Waals surface area contributed by atoms with Gasteiger partial charge in [0.25, 0.3) is 5.91 Å². The fourth-order valence-electron chi connectivity index (χ4n) is 2.68. The van der Waals surface area contributed by atoms with Gasteiger partial charge in [-0.15, -0.1) is 0 Å². The van der Waals surface area contributed by atoms with Crippen molar-refractivity contribution in [3.8, 4) is 5.75 Å². The van der Waals surface area contributed by atoms with Crippen molar-refractivity contribution in [1.82, 2.24) is 9.97 Å². The van der Waals surface area contributed by atoms with Crippen LogP contribution < -0.4 is 15.4 Å². The Morgan fingerprint density at radius 1 is 1.31 bits per heavy atom. The molecule has 1 aliphatic rings. The number of carbonyl (C=O) groups is 1. The van der Waals surface area contributed by atoms with Crippen LogP contribution in [-0.2, 0) is 9.84 Å². The zero-order chi connectivity index (χ0) is 18.6. The first kappa shape index (κ1) is 18.1. The standard InChI is InChI=1S/C17H20N4O4S/c1-2-25-15-6-4-3-5-13(15)20-16(22)14-7-9-18-17(21-14)19-12-8-10-26(23,24)11-12/h3-7,9,12H,2,8,10-11H2,1H3,(H,20,22)(H,18,19,21). The van der Waals surface area contributed by atoms with Crippen molar-refractivity contribution >= 4 is 27.4 Å². The van der Waals surface area contributed by atoms with E-state index in [1.807, 2.05) is 13.0 Å². The third-order valence-electron chi connectivity index (χ3n) is 3.89. The normalized spacial score (nSPS) is 18.3. The van der Waals surface area contributed by atoms with Crippen LogP contribution in [0.4, 0.5) is 11.6 Å². The lowest BCUT2D eigenvalue weighted by Gasteiger charge is -2.12. The van der Waals surface area contributed by atoms with Gasteiger partial charge in [-0.1, -0.05) is 12.1 Å². The summed E-state index contributed by atoms with van der Waals surface area (Å²) >= 11 is 0. The molecule has 1 amide bonds. The lowest BCUT2D eigenvalue weighted by molar-refractivity contribution is 0.102. The lowest BCUT2D eigenvalue weighted by Crippen LogP contribution is -2.23. The highest BCUT2D eigenvalue weighted by atomic mass is 32.2. The predicted octanol–water partition coefficient (Wildman–Crippen LogP) is 1.73. The number of para-hydroxylation sites is 2. The molecule has 138 valence electrons. The molecule has 8 nitrogen and oxygen atoms in total. The molecule has 0 bridgehead atoms. The van der Waals surface area contributed by atoms with Crippen LogP contribution in [-0.4, -0.2) is 48.4 Å². The van der Waals surface area contributed by atoms with Gasteiger partial charge >= 0.3 is 0 Å². The highest BCUT2D eigenvalue weighted by molar-refractivity contribution is 7.91. The summed E-state index contributed by atoms with van der Waals surface area (Å²) in [5.74, 6) is 0.611. The number of nitrogens with one attached hydrogen (secondary N) is 2. The van der Waals surface area contributed by atoms with Gasteiger partial charge < -0.3 is 15.4 Å². The van der Waals surface area contributed by atoms with Crippen LogP contribution in [0, 0.1) is 0 Å². The zero-order valence-electron chi connectivity index (χ0n) is 14.3. The number of carbonyl (C=O) groups excluding carboxylic acids is 1. The number of aromatic nitrogens is 2. The van der Waals surface area contributed by atoms with Crippen LogP contribution in [0.15, 0.2) is 36.5 Å². The van der Waals surface area contributed by atoms with Crippen LogP contribution in [0.5, 0.6) is 5.75 Å². The summed E-state index contributed by atoms with van der Waals surface area (Å²) in [6.07, 6.45) is 1.96. The van der Waals surface area contributed by atoms with E-state index < -0.39 is 15.7 Å². The van der Waals surface area contributed by atoms with Crippen molar-refractivity contribution in [3.05, 3.63) is 42.2 Å². The number of sulfone groups is 1. The third-order valence-corrected chi connectivity index (χ3v) is 5.66. The molecule has 1 atom stereocenters. The Morgan fingerprint density at radius 2 is 2.12 bits per heavy atom. The summed E-state index contributed by atoms with van der Waals surface area (Å²) in [4.78, 5) is 20.7. The molecule has 3 rings (SSSR count). The Morgan fingerprint density at radius 3 is 2.85 bits per heavy atom. The first-order valence-electron chi connectivity index (χ1n) is 8.30. The summed E-state index contributed by atoms with van der Waals surface area (Å²) in [6.45, 7) is 2.35. The molecule has 2 N–H and O–H groups in total. The topological polar surface area (TPSA) is 110 Å². The van der Waals surface area contributed by atoms with Gasteiger partial charge in [0.15, 0.2) is 9.84 Å². The average molecular weight is 376 g/mol. The van der Waals surface area contributed by atoms with Crippen molar-refractivity contribution < 1.29 is 17.9 Å². The van der Waals surface area contributed by atoms with E-state index in [0.717, 1.165) is 0 Å². The number of benzene rings is 1. The van der Waals surface area contributed by atoms with Crippen molar-refractivity contribution in [3.63, 3.8) is 0 Å². The highest BCUT2D eigenvalue weighted by Gasteiger charge is 2.28. The molecule has 1 aromatic heterocycles. The molecule has 1 unspecified atom stereocenters. The summed E-state index contributed by atoms with van der Waals surface area (Å²) in [7, 11) is -3.00. The largest absolute Gasteiger partial charge is 0.492 e. The second kappa shape index (κ2) is 7.69. The molecule has 2 aromatic rings. The Labute approximate surface area is 151 Å². The third kappa shape index (κ3) is 4.48. The number of anilines is 2. The second-order valence-electron chi connectivity index (χ2n) is 5.89. The van der Waals surface area contributed by atoms with Gasteiger partial charge in [-0.3, -0.25) is 4.79 Å². The number of nitrogens with zero attached hydrogens (tertiary/aromatic N) is 2. The Balaban J connectivity index is 1.71. The number of amides is 1. The molecule has 0 saturated carbocycles. The lowest BCUT2D eigenvalue weighted by atomic mass is 10.2. The fraction of sp³-hybridized carbons (Fsp3) is 0.353. The van der Waals surface area contributed by atoms with Gasteiger partial charge in [-0.05, 0) is 31.5 Å². The average Bonchev–Trinajstić information content (AvgIpc) is 2.95. The summed E-state index contributed by atoms with van der Waals surface area (Å²) in [5.41, 5.74) is 0.726. The zero-order valence-corrected chi connectivity index (χ0v) is 15.1. The van der Waals surface area contributed by atoms with Crippen LogP contribution >= 0.6 is 0 Å². The molecule has 1 fully saturated rings. The van der Waals surface area contributed by atoms with Crippen molar-refractivity contribution in [2.45, 2.75) is 19.4 Å². The number of hydrogen-bond acceptors (Lipinski definition) is 7. The molecule has 9 heteroatoms. The smallest absolute Gasteiger partial charge is 0.274 e. The maximum atomic E-state index is 12.5. The molecule has 0 radical (unpaired) electrons. The molecular formula is C17H20N4O4S. The van der Waals surface area contributed by atoms with Crippen LogP contribution in [0.25, 0.3) is 0 Å². The fourth-order valence-corrected chi connectivity index (χ4v) is 4.36. The summed E-state index contributed by atoms with van der Waals surface area (Å²) < 4.78 is 28.6. The minimum Gasteiger partial charge on any atom is -0.492 e. The van der Waals surface area contributed by atoms with E-state index in [0.29, 0.717) is 24.5 Å². The van der Waals surface area contributed by atoms with Crippen LogP contribution in [0.1, 0.15) is 23.8 Å². The van der Waals surface area contributed by atoms with Crippen molar-refractivity contribution in [2.75, 3.05) is 28.7 Å². The first-order valence-corrected chi connectivity index (χ1v) is 10.1. The highest BCUT2D eigenvalue weighted by Crippen LogP contribution is 2.24. The molecule has 1 aromatic carbocycles. The second-order valence-corrected chi connectivity index (χ2v) is 8.12. The molecule has 1 saturated heterocycles. The van der Waals surface area contributed by atoms with Crippen LogP contribution in [0.2, 0.25) is 0 Å². The molecule has 0 spiro atoms. The quantitative estimate of drug-likeness (QED) is 0.790. The SMILES string of the molecule is CCOc1ccccc1NC(=O)c1ccnc(NC2CCS(=O)(=O)C2)n1. The predicted molar refractivity (Wildman–Crippen MR) is 98.3 cm³/mol.